The predicted octanol–water partition coefficient (Wildman–Crippen LogP) is 2.54. The van der Waals surface area contributed by atoms with Gasteiger partial charge in [-0.25, -0.2) is 0 Å². The van der Waals surface area contributed by atoms with Crippen molar-refractivity contribution in [3.8, 4) is 6.19 Å². The minimum Gasteiger partial charge on any atom is -0.272 e. The van der Waals surface area contributed by atoms with Gasteiger partial charge >= 0.3 is 0 Å². The highest BCUT2D eigenvalue weighted by molar-refractivity contribution is 8.13. The fraction of sp³-hybridized carbons (Fsp3) is 0.273. The van der Waals surface area contributed by atoms with Crippen LogP contribution in [0.15, 0.2) is 35.3 Å². The van der Waals surface area contributed by atoms with Crippen LogP contribution in [0.2, 0.25) is 0 Å². The lowest BCUT2D eigenvalue weighted by atomic mass is 10.1. The van der Waals surface area contributed by atoms with Crippen LogP contribution >= 0.6 is 11.8 Å². The maximum absolute atomic E-state index is 8.50. The molecule has 0 aliphatic carbocycles. The van der Waals surface area contributed by atoms with Crippen LogP contribution in [0.1, 0.15) is 18.5 Å². The summed E-state index contributed by atoms with van der Waals surface area (Å²) in [5.74, 6) is 0. The molecule has 0 heterocycles. The molecule has 1 N–H and O–H groups in total. The van der Waals surface area contributed by atoms with E-state index in [4.69, 9.17) is 5.26 Å². The van der Waals surface area contributed by atoms with Crippen molar-refractivity contribution in [3.05, 3.63) is 35.9 Å². The Bertz CT molecular complexity index is 367. The van der Waals surface area contributed by atoms with Crippen molar-refractivity contribution in [1.29, 1.82) is 5.26 Å². The van der Waals surface area contributed by atoms with Crippen molar-refractivity contribution in [1.82, 2.24) is 5.32 Å². The van der Waals surface area contributed by atoms with Gasteiger partial charge in [0.1, 0.15) is 0 Å². The zero-order valence-electron chi connectivity index (χ0n) is 8.77. The van der Waals surface area contributed by atoms with Crippen LogP contribution in [-0.4, -0.2) is 11.4 Å². The third kappa shape index (κ3) is 3.64. The second-order valence-electron chi connectivity index (χ2n) is 2.96. The number of rotatable bonds is 2. The first-order valence-electron chi connectivity index (χ1n) is 4.59. The normalized spacial score (nSPS) is 13.0. The van der Waals surface area contributed by atoms with E-state index < -0.39 is 0 Å². The molecule has 0 aromatic heterocycles. The number of nitriles is 1. The average Bonchev–Trinajstić information content (AvgIpc) is 2.29. The number of nitrogens with zero attached hydrogens (tertiary/aromatic N) is 2. The molecule has 0 aliphatic heterocycles. The van der Waals surface area contributed by atoms with E-state index in [1.807, 2.05) is 49.7 Å². The number of nitrogens with one attached hydrogen (secondary N) is 1. The summed E-state index contributed by atoms with van der Waals surface area (Å²) in [6.45, 7) is 2.00. The predicted molar refractivity (Wildman–Crippen MR) is 64.6 cm³/mol. The Hall–Kier alpha value is -1.47. The van der Waals surface area contributed by atoms with Gasteiger partial charge in [0.25, 0.3) is 0 Å². The molecule has 78 valence electrons. The molecule has 4 heteroatoms. The van der Waals surface area contributed by atoms with Crippen LogP contribution in [0.5, 0.6) is 0 Å². The molecule has 0 unspecified atom stereocenters. The van der Waals surface area contributed by atoms with Gasteiger partial charge in [-0.1, -0.05) is 42.1 Å². The minimum absolute atomic E-state index is 0.0644. The van der Waals surface area contributed by atoms with E-state index in [9.17, 15) is 0 Å². The number of hydrogen-bond acceptors (Lipinski definition) is 3. The Balaban J connectivity index is 2.77. The summed E-state index contributed by atoms with van der Waals surface area (Å²) in [4.78, 5) is 4.40. The van der Waals surface area contributed by atoms with E-state index in [0.717, 1.165) is 5.56 Å². The zero-order chi connectivity index (χ0) is 11.1. The lowest BCUT2D eigenvalue weighted by Crippen LogP contribution is -2.14. The van der Waals surface area contributed by atoms with Crippen LogP contribution in [-0.2, 0) is 0 Å². The summed E-state index contributed by atoms with van der Waals surface area (Å²) in [5.41, 5.74) is 1.14. The van der Waals surface area contributed by atoms with Crippen LogP contribution < -0.4 is 5.32 Å². The molecule has 0 amide bonds. The van der Waals surface area contributed by atoms with Crippen molar-refractivity contribution in [2.75, 3.05) is 6.26 Å². The minimum atomic E-state index is 0.0644. The van der Waals surface area contributed by atoms with E-state index >= 15 is 0 Å². The lowest BCUT2D eigenvalue weighted by Gasteiger charge is -2.08. The highest BCUT2D eigenvalue weighted by atomic mass is 32.2. The smallest absolute Gasteiger partial charge is 0.183 e. The molecule has 0 bridgehead atoms. The summed E-state index contributed by atoms with van der Waals surface area (Å²) >= 11 is 1.43. The van der Waals surface area contributed by atoms with Gasteiger partial charge < -0.3 is 0 Å². The third-order valence-electron chi connectivity index (χ3n) is 1.95. The van der Waals surface area contributed by atoms with Gasteiger partial charge in [0, 0.05) is 0 Å². The summed E-state index contributed by atoms with van der Waals surface area (Å²) < 4.78 is 0. The Morgan fingerprint density at radius 3 is 2.67 bits per heavy atom. The Kier molecular flexibility index (Phi) is 4.72. The highest BCUT2D eigenvalue weighted by Gasteiger charge is 2.04. The van der Waals surface area contributed by atoms with Gasteiger partial charge in [0.05, 0.1) is 6.04 Å². The molecule has 0 radical (unpaired) electrons. The van der Waals surface area contributed by atoms with Crippen LogP contribution in [0, 0.1) is 11.5 Å². The van der Waals surface area contributed by atoms with Gasteiger partial charge in [-0.2, -0.15) is 5.26 Å². The summed E-state index contributed by atoms with van der Waals surface area (Å²) in [6, 6.07) is 10.1. The van der Waals surface area contributed by atoms with E-state index in [1.54, 1.807) is 0 Å². The highest BCUT2D eigenvalue weighted by Crippen LogP contribution is 2.17. The molecule has 0 saturated heterocycles. The van der Waals surface area contributed by atoms with Gasteiger partial charge in [-0.3, -0.25) is 10.3 Å². The zero-order valence-corrected chi connectivity index (χ0v) is 9.58. The van der Waals surface area contributed by atoms with Crippen molar-refractivity contribution in [3.63, 3.8) is 0 Å². The number of thioether (sulfide) groups is 1. The largest absolute Gasteiger partial charge is 0.272 e. The Labute approximate surface area is 94.2 Å². The molecule has 1 aromatic carbocycles. The topological polar surface area (TPSA) is 48.2 Å². The maximum atomic E-state index is 8.50. The van der Waals surface area contributed by atoms with Crippen LogP contribution in [0.3, 0.4) is 0 Å². The first-order valence-corrected chi connectivity index (χ1v) is 5.82. The van der Waals surface area contributed by atoms with E-state index in [1.165, 1.54) is 11.8 Å². The SMILES string of the molecule is CSC(=N[C@H](C)c1ccccc1)NC#N. The van der Waals surface area contributed by atoms with Gasteiger partial charge in [-0.15, -0.1) is 0 Å². The average molecular weight is 219 g/mol. The Morgan fingerprint density at radius 2 is 2.13 bits per heavy atom. The molecule has 1 aromatic rings. The van der Waals surface area contributed by atoms with Gasteiger partial charge in [0.15, 0.2) is 11.4 Å². The second-order valence-corrected chi connectivity index (χ2v) is 3.76. The molecule has 0 saturated carbocycles. The molecule has 15 heavy (non-hydrogen) atoms. The monoisotopic (exact) mass is 219 g/mol. The summed E-state index contributed by atoms with van der Waals surface area (Å²) in [7, 11) is 0. The van der Waals surface area contributed by atoms with Gasteiger partial charge in [-0.05, 0) is 18.7 Å². The van der Waals surface area contributed by atoms with Crippen molar-refractivity contribution in [2.45, 2.75) is 13.0 Å². The molecule has 0 spiro atoms. The third-order valence-corrected chi connectivity index (χ3v) is 2.54. The second kappa shape index (κ2) is 6.10. The van der Waals surface area contributed by atoms with Crippen LogP contribution in [0.4, 0.5) is 0 Å². The Morgan fingerprint density at radius 1 is 1.47 bits per heavy atom. The fourth-order valence-electron chi connectivity index (χ4n) is 1.17. The quantitative estimate of drug-likeness (QED) is 0.360. The van der Waals surface area contributed by atoms with Crippen molar-refractivity contribution in [2.24, 2.45) is 4.99 Å². The lowest BCUT2D eigenvalue weighted by molar-refractivity contribution is 0.818. The van der Waals surface area contributed by atoms with E-state index in [2.05, 4.69) is 10.3 Å². The standard InChI is InChI=1S/C11H13N3S/c1-9(10-6-4-3-5-7-10)14-11(15-2)13-8-12/h3-7,9H,1-2H3,(H,13,14)/t9-/m1/s1. The first-order chi connectivity index (χ1) is 7.27. The number of aliphatic imine (C=N–C) groups is 1. The van der Waals surface area contributed by atoms with Crippen LogP contribution in [0.25, 0.3) is 0 Å². The van der Waals surface area contributed by atoms with E-state index in [-0.39, 0.29) is 6.04 Å². The summed E-state index contributed by atoms with van der Waals surface area (Å²) in [6.07, 6.45) is 3.76. The molecule has 0 aliphatic rings. The maximum Gasteiger partial charge on any atom is 0.183 e. The first kappa shape index (κ1) is 11.6. The number of benzene rings is 1. The molecule has 1 atom stereocenters. The number of amidine groups is 1. The summed E-state index contributed by atoms with van der Waals surface area (Å²) in [5, 5.41) is 11.7. The van der Waals surface area contributed by atoms with E-state index in [0.29, 0.717) is 5.17 Å². The van der Waals surface area contributed by atoms with Crippen molar-refractivity contribution < 1.29 is 0 Å². The molecule has 0 fully saturated rings. The molecule has 1 rings (SSSR count). The fourth-order valence-corrected chi connectivity index (χ4v) is 1.58. The molecular formula is C11H13N3S. The van der Waals surface area contributed by atoms with Crippen molar-refractivity contribution >= 4 is 16.9 Å². The van der Waals surface area contributed by atoms with Gasteiger partial charge in [0.2, 0.25) is 0 Å². The number of hydrogen-bond donors (Lipinski definition) is 1. The molecular weight excluding hydrogens is 206 g/mol. The molecule has 3 nitrogen and oxygen atoms in total.